The minimum atomic E-state index is -1.06. The van der Waals surface area contributed by atoms with E-state index in [1.165, 1.54) is 18.2 Å². The third-order valence-corrected chi connectivity index (χ3v) is 4.45. The monoisotopic (exact) mass is 342 g/mol. The first kappa shape index (κ1) is 20.4. The van der Waals surface area contributed by atoms with Crippen LogP contribution in [0.4, 0.5) is 0 Å². The van der Waals surface area contributed by atoms with E-state index in [4.69, 9.17) is 0 Å². The molecule has 0 aromatic heterocycles. The highest BCUT2D eigenvalue weighted by Crippen LogP contribution is 2.19. The van der Waals surface area contributed by atoms with Gasteiger partial charge in [0.1, 0.15) is 12.1 Å². The maximum atomic E-state index is 12.3. The van der Waals surface area contributed by atoms with Gasteiger partial charge in [0.2, 0.25) is 11.8 Å². The van der Waals surface area contributed by atoms with E-state index >= 15 is 0 Å². The lowest BCUT2D eigenvalue weighted by atomic mass is 10.0. The quantitative estimate of drug-likeness (QED) is 0.519. The van der Waals surface area contributed by atoms with Crippen molar-refractivity contribution in [2.75, 3.05) is 6.54 Å². The number of aliphatic hydroxyl groups excluding tert-OH is 1. The number of aliphatic hydroxyl groups is 1. The SMILES string of the molecule is CCCCCCCC[C@H](NC(=O)[C@@H]1C[C@@H](O)CN1C(C)=O)C(=O)O. The first-order chi connectivity index (χ1) is 11.4. The normalized spacial score (nSPS) is 21.5. The molecule has 0 aliphatic carbocycles. The zero-order chi connectivity index (χ0) is 18.1. The minimum absolute atomic E-state index is 0.114. The van der Waals surface area contributed by atoms with Crippen molar-refractivity contribution in [3.63, 3.8) is 0 Å². The summed E-state index contributed by atoms with van der Waals surface area (Å²) >= 11 is 0. The number of carboxylic acids is 1. The van der Waals surface area contributed by atoms with Gasteiger partial charge in [-0.05, 0) is 6.42 Å². The van der Waals surface area contributed by atoms with Gasteiger partial charge in [-0.25, -0.2) is 4.79 Å². The first-order valence-electron chi connectivity index (χ1n) is 8.85. The smallest absolute Gasteiger partial charge is 0.326 e. The van der Waals surface area contributed by atoms with E-state index in [0.29, 0.717) is 6.42 Å². The Bertz CT molecular complexity index is 441. The molecule has 0 unspecified atom stereocenters. The minimum Gasteiger partial charge on any atom is -0.480 e. The van der Waals surface area contributed by atoms with E-state index in [9.17, 15) is 24.6 Å². The predicted octanol–water partition coefficient (Wildman–Crippen LogP) is 1.29. The summed E-state index contributed by atoms with van der Waals surface area (Å²) in [6, 6.07) is -1.74. The van der Waals surface area contributed by atoms with Crippen LogP contribution in [0.1, 0.15) is 65.2 Å². The lowest BCUT2D eigenvalue weighted by Gasteiger charge is -2.24. The lowest BCUT2D eigenvalue weighted by molar-refractivity contribution is -0.143. The molecule has 1 heterocycles. The Kier molecular flexibility index (Phi) is 8.74. The molecule has 0 saturated carbocycles. The van der Waals surface area contributed by atoms with Crippen molar-refractivity contribution < 1.29 is 24.6 Å². The maximum Gasteiger partial charge on any atom is 0.326 e. The van der Waals surface area contributed by atoms with Crippen LogP contribution in [0, 0.1) is 0 Å². The summed E-state index contributed by atoms with van der Waals surface area (Å²) in [7, 11) is 0. The van der Waals surface area contributed by atoms with Gasteiger partial charge in [-0.1, -0.05) is 45.4 Å². The molecule has 7 heteroatoms. The fourth-order valence-corrected chi connectivity index (χ4v) is 3.06. The number of carboxylic acid groups (broad SMARTS) is 1. The van der Waals surface area contributed by atoms with Crippen LogP contribution >= 0.6 is 0 Å². The highest BCUT2D eigenvalue weighted by atomic mass is 16.4. The number of nitrogens with zero attached hydrogens (tertiary/aromatic N) is 1. The molecule has 1 saturated heterocycles. The second-order valence-electron chi connectivity index (χ2n) is 6.53. The average molecular weight is 342 g/mol. The van der Waals surface area contributed by atoms with Crippen LogP contribution in [0.2, 0.25) is 0 Å². The lowest BCUT2D eigenvalue weighted by Crippen LogP contribution is -2.50. The van der Waals surface area contributed by atoms with Gasteiger partial charge in [0.05, 0.1) is 6.10 Å². The molecule has 0 radical (unpaired) electrons. The number of β-amino-alcohol motifs (C(OH)–C–C–N with tert-alkyl or cyclic N) is 1. The highest BCUT2D eigenvalue weighted by molar-refractivity contribution is 5.90. The summed E-state index contributed by atoms with van der Waals surface area (Å²) in [5, 5.41) is 21.5. The van der Waals surface area contributed by atoms with Gasteiger partial charge in [0, 0.05) is 19.9 Å². The Morgan fingerprint density at radius 3 is 2.38 bits per heavy atom. The van der Waals surface area contributed by atoms with Crippen molar-refractivity contribution in [1.82, 2.24) is 10.2 Å². The molecule has 2 amide bonds. The Morgan fingerprint density at radius 1 is 1.17 bits per heavy atom. The van der Waals surface area contributed by atoms with Crippen LogP contribution in [0.3, 0.4) is 0 Å². The molecule has 3 N–H and O–H groups in total. The summed E-state index contributed by atoms with van der Waals surface area (Å²) in [5.41, 5.74) is 0. The van der Waals surface area contributed by atoms with Crippen LogP contribution < -0.4 is 5.32 Å². The molecule has 1 fully saturated rings. The molecule has 0 aromatic carbocycles. The number of hydrogen-bond acceptors (Lipinski definition) is 4. The molecule has 3 atom stereocenters. The summed E-state index contributed by atoms with van der Waals surface area (Å²) in [5.74, 6) is -1.86. The van der Waals surface area contributed by atoms with E-state index in [1.54, 1.807) is 0 Å². The van der Waals surface area contributed by atoms with Crippen LogP contribution in [0.25, 0.3) is 0 Å². The molecule has 0 bridgehead atoms. The third kappa shape index (κ3) is 6.47. The summed E-state index contributed by atoms with van der Waals surface area (Å²) in [6.45, 7) is 3.59. The fraction of sp³-hybridized carbons (Fsp3) is 0.824. The Hall–Kier alpha value is -1.63. The number of likely N-dealkylation sites (tertiary alicyclic amines) is 1. The standard InChI is InChI=1S/C17H30N2O5/c1-3-4-5-6-7-8-9-14(17(23)24)18-16(22)15-10-13(21)11-19(15)12(2)20/h13-15,21H,3-11H2,1-2H3,(H,18,22)(H,23,24)/t13-,14+,15+/m1/s1. The van der Waals surface area contributed by atoms with Crippen molar-refractivity contribution in [2.45, 2.75) is 83.4 Å². The van der Waals surface area contributed by atoms with Gasteiger partial charge >= 0.3 is 5.97 Å². The Labute approximate surface area is 143 Å². The number of nitrogens with one attached hydrogen (secondary N) is 1. The summed E-state index contributed by atoms with van der Waals surface area (Å²) < 4.78 is 0. The van der Waals surface area contributed by atoms with Gasteiger partial charge in [-0.3, -0.25) is 9.59 Å². The third-order valence-electron chi connectivity index (χ3n) is 4.45. The van der Waals surface area contributed by atoms with Crippen LogP contribution in [0.15, 0.2) is 0 Å². The molecule has 0 spiro atoms. The van der Waals surface area contributed by atoms with Crippen molar-refractivity contribution >= 4 is 17.8 Å². The second kappa shape index (κ2) is 10.3. The van der Waals surface area contributed by atoms with Crippen LogP contribution in [-0.4, -0.2) is 57.6 Å². The molecule has 1 rings (SSSR count). The Morgan fingerprint density at radius 2 is 1.79 bits per heavy atom. The van der Waals surface area contributed by atoms with Crippen molar-refractivity contribution in [2.24, 2.45) is 0 Å². The highest BCUT2D eigenvalue weighted by Gasteiger charge is 2.38. The molecule has 1 aliphatic rings. The topological polar surface area (TPSA) is 107 Å². The Balaban J connectivity index is 2.47. The number of amides is 2. The van der Waals surface area contributed by atoms with E-state index < -0.39 is 30.1 Å². The number of rotatable bonds is 10. The van der Waals surface area contributed by atoms with Gasteiger partial charge < -0.3 is 20.4 Å². The molecule has 24 heavy (non-hydrogen) atoms. The molecular formula is C17H30N2O5. The van der Waals surface area contributed by atoms with Crippen molar-refractivity contribution in [3.8, 4) is 0 Å². The number of carbonyl (C=O) groups is 3. The second-order valence-corrected chi connectivity index (χ2v) is 6.53. The molecule has 7 nitrogen and oxygen atoms in total. The average Bonchev–Trinajstić information content (AvgIpc) is 2.91. The number of hydrogen-bond donors (Lipinski definition) is 3. The molecule has 0 aromatic rings. The van der Waals surface area contributed by atoms with Gasteiger partial charge in [0.15, 0.2) is 0 Å². The zero-order valence-corrected chi connectivity index (χ0v) is 14.7. The summed E-state index contributed by atoms with van der Waals surface area (Å²) in [6.07, 6.45) is 6.03. The fourth-order valence-electron chi connectivity index (χ4n) is 3.06. The number of unbranched alkanes of at least 4 members (excludes halogenated alkanes) is 5. The van der Waals surface area contributed by atoms with E-state index in [2.05, 4.69) is 12.2 Å². The predicted molar refractivity (Wildman–Crippen MR) is 89.4 cm³/mol. The number of carbonyl (C=O) groups excluding carboxylic acids is 2. The van der Waals surface area contributed by atoms with E-state index in [0.717, 1.165) is 32.1 Å². The first-order valence-corrected chi connectivity index (χ1v) is 8.85. The van der Waals surface area contributed by atoms with E-state index in [-0.39, 0.29) is 18.9 Å². The number of aliphatic carboxylic acids is 1. The van der Waals surface area contributed by atoms with Crippen LogP contribution in [0.5, 0.6) is 0 Å². The van der Waals surface area contributed by atoms with Crippen molar-refractivity contribution in [3.05, 3.63) is 0 Å². The summed E-state index contributed by atoms with van der Waals surface area (Å²) in [4.78, 5) is 36.5. The molecule has 1 aliphatic heterocycles. The zero-order valence-electron chi connectivity index (χ0n) is 14.7. The maximum absolute atomic E-state index is 12.3. The van der Waals surface area contributed by atoms with E-state index in [1.807, 2.05) is 0 Å². The van der Waals surface area contributed by atoms with Crippen molar-refractivity contribution in [1.29, 1.82) is 0 Å². The van der Waals surface area contributed by atoms with Crippen LogP contribution in [-0.2, 0) is 14.4 Å². The molecular weight excluding hydrogens is 312 g/mol. The van der Waals surface area contributed by atoms with Gasteiger partial charge in [0.25, 0.3) is 0 Å². The van der Waals surface area contributed by atoms with Gasteiger partial charge in [-0.2, -0.15) is 0 Å². The molecule has 138 valence electrons. The van der Waals surface area contributed by atoms with Gasteiger partial charge in [-0.15, -0.1) is 0 Å². The largest absolute Gasteiger partial charge is 0.480 e.